The number of ether oxygens (including phenoxy) is 3. The van der Waals surface area contributed by atoms with Gasteiger partial charge in [-0.25, -0.2) is 4.98 Å². The van der Waals surface area contributed by atoms with Gasteiger partial charge in [-0.2, -0.15) is 5.10 Å². The standard InChI is InChI=1S/C17H19N3O4S/c1-2-22-16(21)7-13-11-25-17(19-13)20-18-8-12-3-5-14(6-4-12)23-9-15-10-24-15/h3-6,8,11,15H,2,7,9-10H2,1H3,(H,19,20). The zero-order valence-electron chi connectivity index (χ0n) is 13.8. The molecule has 3 rings (SSSR count). The van der Waals surface area contributed by atoms with Gasteiger partial charge in [-0.15, -0.1) is 11.3 Å². The van der Waals surface area contributed by atoms with Gasteiger partial charge in [0.25, 0.3) is 0 Å². The molecule has 1 saturated heterocycles. The zero-order chi connectivity index (χ0) is 17.5. The number of hydrogen-bond acceptors (Lipinski definition) is 8. The minimum absolute atomic E-state index is 0.170. The quantitative estimate of drug-likeness (QED) is 0.320. The number of aromatic nitrogens is 1. The van der Waals surface area contributed by atoms with Gasteiger partial charge in [0.2, 0.25) is 5.13 Å². The van der Waals surface area contributed by atoms with Crippen LogP contribution in [0.15, 0.2) is 34.7 Å². The van der Waals surface area contributed by atoms with Gasteiger partial charge in [0.1, 0.15) is 18.5 Å². The number of hydrogen-bond donors (Lipinski definition) is 1. The zero-order valence-corrected chi connectivity index (χ0v) is 14.6. The first-order valence-corrected chi connectivity index (χ1v) is 8.84. The van der Waals surface area contributed by atoms with Gasteiger partial charge in [0, 0.05) is 5.38 Å². The molecule has 1 unspecified atom stereocenters. The maximum Gasteiger partial charge on any atom is 0.311 e. The van der Waals surface area contributed by atoms with Gasteiger partial charge in [-0.05, 0) is 36.8 Å². The number of epoxide rings is 1. The average molecular weight is 361 g/mol. The molecule has 7 nitrogen and oxygen atoms in total. The molecule has 2 aromatic rings. The van der Waals surface area contributed by atoms with E-state index in [1.807, 2.05) is 29.6 Å². The number of hydrazone groups is 1. The normalized spacial score (nSPS) is 16.0. The van der Waals surface area contributed by atoms with Gasteiger partial charge in [-0.3, -0.25) is 10.2 Å². The third-order valence-electron chi connectivity index (χ3n) is 3.27. The van der Waals surface area contributed by atoms with Crippen LogP contribution in [0.5, 0.6) is 5.75 Å². The number of benzene rings is 1. The van der Waals surface area contributed by atoms with E-state index in [2.05, 4.69) is 15.5 Å². The highest BCUT2D eigenvalue weighted by Crippen LogP contribution is 2.17. The summed E-state index contributed by atoms with van der Waals surface area (Å²) in [5, 5.41) is 6.59. The highest BCUT2D eigenvalue weighted by molar-refractivity contribution is 7.13. The largest absolute Gasteiger partial charge is 0.491 e. The Labute approximate surface area is 149 Å². The Morgan fingerprint density at radius 1 is 1.48 bits per heavy atom. The number of nitrogens with one attached hydrogen (secondary N) is 1. The molecule has 2 heterocycles. The second-order valence-corrected chi connectivity index (χ2v) is 6.19. The second-order valence-electron chi connectivity index (χ2n) is 5.33. The van der Waals surface area contributed by atoms with Crippen molar-refractivity contribution in [3.63, 3.8) is 0 Å². The molecule has 1 aliphatic heterocycles. The SMILES string of the molecule is CCOC(=O)Cc1csc(NN=Cc2ccc(OCC3CO3)cc2)n1. The van der Waals surface area contributed by atoms with Crippen LogP contribution in [0.25, 0.3) is 0 Å². The second kappa shape index (κ2) is 8.59. The summed E-state index contributed by atoms with van der Waals surface area (Å²) in [5.74, 6) is 0.530. The van der Waals surface area contributed by atoms with Crippen LogP contribution in [0.3, 0.4) is 0 Å². The molecule has 1 aromatic carbocycles. The summed E-state index contributed by atoms with van der Waals surface area (Å²) in [5.41, 5.74) is 4.46. The number of thiazole rings is 1. The van der Waals surface area contributed by atoms with Crippen LogP contribution in [0, 0.1) is 0 Å². The van der Waals surface area contributed by atoms with Crippen molar-refractivity contribution in [2.24, 2.45) is 5.10 Å². The molecule has 0 radical (unpaired) electrons. The average Bonchev–Trinajstić information content (AvgIpc) is 3.34. The van der Waals surface area contributed by atoms with Crippen LogP contribution in [-0.4, -0.2) is 43.1 Å². The summed E-state index contributed by atoms with van der Waals surface area (Å²) in [6.07, 6.45) is 2.11. The minimum atomic E-state index is -0.279. The van der Waals surface area contributed by atoms with E-state index in [9.17, 15) is 4.79 Å². The van der Waals surface area contributed by atoms with E-state index >= 15 is 0 Å². The van der Waals surface area contributed by atoms with Crippen molar-refractivity contribution in [2.75, 3.05) is 25.2 Å². The van der Waals surface area contributed by atoms with E-state index in [0.717, 1.165) is 17.9 Å². The highest BCUT2D eigenvalue weighted by atomic mass is 32.1. The maximum absolute atomic E-state index is 11.4. The topological polar surface area (TPSA) is 85.3 Å². The van der Waals surface area contributed by atoms with Crippen molar-refractivity contribution in [1.29, 1.82) is 0 Å². The van der Waals surface area contributed by atoms with Gasteiger partial charge >= 0.3 is 5.97 Å². The fourth-order valence-corrected chi connectivity index (χ4v) is 2.62. The molecule has 0 amide bonds. The molecule has 8 heteroatoms. The molecule has 132 valence electrons. The lowest BCUT2D eigenvalue weighted by Crippen LogP contribution is -2.07. The molecule has 1 fully saturated rings. The summed E-state index contributed by atoms with van der Waals surface area (Å²) in [4.78, 5) is 15.7. The summed E-state index contributed by atoms with van der Waals surface area (Å²) in [7, 11) is 0. The van der Waals surface area contributed by atoms with Crippen molar-refractivity contribution in [2.45, 2.75) is 19.4 Å². The molecule has 0 saturated carbocycles. The van der Waals surface area contributed by atoms with E-state index in [0.29, 0.717) is 24.0 Å². The molecule has 1 aromatic heterocycles. The van der Waals surface area contributed by atoms with Crippen LogP contribution in [0.4, 0.5) is 5.13 Å². The van der Waals surface area contributed by atoms with Gasteiger partial charge < -0.3 is 14.2 Å². The lowest BCUT2D eigenvalue weighted by atomic mass is 10.2. The first kappa shape index (κ1) is 17.4. The van der Waals surface area contributed by atoms with E-state index in [-0.39, 0.29) is 18.5 Å². The van der Waals surface area contributed by atoms with E-state index in [1.54, 1.807) is 13.1 Å². The molecule has 1 N–H and O–H groups in total. The van der Waals surface area contributed by atoms with Crippen molar-refractivity contribution in [3.8, 4) is 5.75 Å². The highest BCUT2D eigenvalue weighted by Gasteiger charge is 2.22. The predicted molar refractivity (Wildman–Crippen MR) is 95.3 cm³/mol. The molecule has 0 aliphatic carbocycles. The Balaban J connectivity index is 1.45. The monoisotopic (exact) mass is 361 g/mol. The van der Waals surface area contributed by atoms with Gasteiger partial charge in [0.15, 0.2) is 0 Å². The van der Waals surface area contributed by atoms with Gasteiger partial charge in [0.05, 0.1) is 31.5 Å². The summed E-state index contributed by atoms with van der Waals surface area (Å²) >= 11 is 1.39. The van der Waals surface area contributed by atoms with Crippen molar-refractivity contribution in [1.82, 2.24) is 4.98 Å². The fraction of sp³-hybridized carbons (Fsp3) is 0.353. The van der Waals surface area contributed by atoms with Crippen LogP contribution in [0.1, 0.15) is 18.2 Å². The Kier molecular flexibility index (Phi) is 5.97. The number of esters is 1. The van der Waals surface area contributed by atoms with Crippen LogP contribution in [0.2, 0.25) is 0 Å². The van der Waals surface area contributed by atoms with E-state index in [4.69, 9.17) is 14.2 Å². The summed E-state index contributed by atoms with van der Waals surface area (Å²) < 4.78 is 15.6. The molecule has 0 bridgehead atoms. The van der Waals surface area contributed by atoms with Crippen LogP contribution >= 0.6 is 11.3 Å². The fourth-order valence-electron chi connectivity index (χ4n) is 1.97. The number of rotatable bonds is 9. The number of anilines is 1. The Hall–Kier alpha value is -2.45. The van der Waals surface area contributed by atoms with Crippen LogP contribution < -0.4 is 10.2 Å². The third kappa shape index (κ3) is 5.84. The number of carbonyl (C=O) groups is 1. The predicted octanol–water partition coefficient (Wildman–Crippen LogP) is 2.47. The number of nitrogens with zero attached hydrogens (tertiary/aromatic N) is 2. The third-order valence-corrected chi connectivity index (χ3v) is 4.07. The lowest BCUT2D eigenvalue weighted by Gasteiger charge is -2.03. The van der Waals surface area contributed by atoms with Crippen LogP contribution in [-0.2, 0) is 20.7 Å². The van der Waals surface area contributed by atoms with E-state index in [1.165, 1.54) is 11.3 Å². The van der Waals surface area contributed by atoms with Crippen molar-refractivity contribution in [3.05, 3.63) is 40.9 Å². The maximum atomic E-state index is 11.4. The Morgan fingerprint density at radius 2 is 2.28 bits per heavy atom. The molecule has 25 heavy (non-hydrogen) atoms. The molecular weight excluding hydrogens is 342 g/mol. The van der Waals surface area contributed by atoms with E-state index < -0.39 is 0 Å². The first-order valence-electron chi connectivity index (χ1n) is 7.96. The molecular formula is C17H19N3O4S. The summed E-state index contributed by atoms with van der Waals surface area (Å²) in [6.45, 7) is 3.53. The lowest BCUT2D eigenvalue weighted by molar-refractivity contribution is -0.142. The van der Waals surface area contributed by atoms with Crippen molar-refractivity contribution >= 4 is 28.7 Å². The molecule has 0 spiro atoms. The van der Waals surface area contributed by atoms with Gasteiger partial charge in [-0.1, -0.05) is 0 Å². The first-order chi connectivity index (χ1) is 12.2. The Bertz CT molecular complexity index is 726. The minimum Gasteiger partial charge on any atom is -0.491 e. The molecule has 1 aliphatic rings. The number of carbonyl (C=O) groups excluding carboxylic acids is 1. The summed E-state index contributed by atoms with van der Waals surface area (Å²) in [6, 6.07) is 7.62. The molecule has 1 atom stereocenters. The van der Waals surface area contributed by atoms with Crippen molar-refractivity contribution < 1.29 is 19.0 Å². The smallest absolute Gasteiger partial charge is 0.311 e. The Morgan fingerprint density at radius 3 is 3.00 bits per heavy atom.